The van der Waals surface area contributed by atoms with Gasteiger partial charge in [0, 0.05) is 17.5 Å². The summed E-state index contributed by atoms with van der Waals surface area (Å²) in [6, 6.07) is 2.43. The lowest BCUT2D eigenvalue weighted by Crippen LogP contribution is -2.29. The number of nitrogens with two attached hydrogens (primary N) is 1. The average Bonchev–Trinajstić information content (AvgIpc) is 2.12. The maximum atomic E-state index is 13.1. The molecule has 0 saturated carbocycles. The van der Waals surface area contributed by atoms with E-state index in [9.17, 15) is 4.39 Å². The van der Waals surface area contributed by atoms with Gasteiger partial charge in [0.25, 0.3) is 0 Å². The number of hydrogen-bond donors (Lipinski definition) is 1. The highest BCUT2D eigenvalue weighted by atomic mass is 35.5. The molecule has 1 aliphatic heterocycles. The Bertz CT molecular complexity index is 369. The largest absolute Gasteiger partial charge is 0.491 e. The minimum absolute atomic E-state index is 0.181. The molecule has 1 aromatic rings. The number of ether oxygens (including phenoxy) is 1. The van der Waals surface area contributed by atoms with Crippen molar-refractivity contribution >= 4 is 11.6 Å². The first-order valence-corrected chi connectivity index (χ1v) is 4.84. The fraction of sp³-hybridized carbons (Fsp3) is 0.400. The first-order valence-electron chi connectivity index (χ1n) is 4.47. The molecule has 0 spiro atoms. The Labute approximate surface area is 86.8 Å². The number of hydrogen-bond acceptors (Lipinski definition) is 2. The van der Waals surface area contributed by atoms with E-state index in [2.05, 4.69) is 0 Å². The monoisotopic (exact) mass is 215 g/mol. The summed E-state index contributed by atoms with van der Waals surface area (Å²) in [7, 11) is 0. The summed E-state index contributed by atoms with van der Waals surface area (Å²) in [6.07, 6.45) is 0. The van der Waals surface area contributed by atoms with Gasteiger partial charge in [0.15, 0.2) is 0 Å². The summed E-state index contributed by atoms with van der Waals surface area (Å²) >= 11 is 5.84. The highest BCUT2D eigenvalue weighted by Crippen LogP contribution is 2.39. The van der Waals surface area contributed by atoms with Gasteiger partial charge in [-0.2, -0.15) is 0 Å². The second-order valence-electron chi connectivity index (χ2n) is 3.62. The molecule has 1 heterocycles. The second-order valence-corrected chi connectivity index (χ2v) is 4.03. The normalized spacial score (nSPS) is 25.4. The van der Waals surface area contributed by atoms with Crippen LogP contribution in [0.5, 0.6) is 5.75 Å². The molecule has 0 radical (unpaired) electrons. The van der Waals surface area contributed by atoms with Gasteiger partial charge in [-0.3, -0.25) is 0 Å². The van der Waals surface area contributed by atoms with E-state index in [0.717, 1.165) is 0 Å². The van der Waals surface area contributed by atoms with Gasteiger partial charge >= 0.3 is 0 Å². The predicted octanol–water partition coefficient (Wildman–Crippen LogP) is 2.51. The van der Waals surface area contributed by atoms with Crippen LogP contribution in [-0.4, -0.2) is 6.61 Å². The molecule has 0 amide bonds. The number of rotatable bonds is 0. The number of halogens is 2. The molecule has 1 aliphatic rings. The van der Waals surface area contributed by atoms with Gasteiger partial charge in [0.2, 0.25) is 0 Å². The van der Waals surface area contributed by atoms with Crippen molar-refractivity contribution < 1.29 is 9.13 Å². The van der Waals surface area contributed by atoms with Crippen LogP contribution in [0.3, 0.4) is 0 Å². The lowest BCUT2D eigenvalue weighted by Gasteiger charge is -2.29. The Morgan fingerprint density at radius 2 is 2.29 bits per heavy atom. The summed E-state index contributed by atoms with van der Waals surface area (Å²) < 4.78 is 18.5. The van der Waals surface area contributed by atoms with Gasteiger partial charge in [-0.05, 0) is 12.1 Å². The highest BCUT2D eigenvalue weighted by Gasteiger charge is 2.27. The van der Waals surface area contributed by atoms with Crippen molar-refractivity contribution in [2.45, 2.75) is 13.0 Å². The molecule has 14 heavy (non-hydrogen) atoms. The molecular weight excluding hydrogens is 205 g/mol. The molecule has 0 bridgehead atoms. The highest BCUT2D eigenvalue weighted by molar-refractivity contribution is 6.32. The van der Waals surface area contributed by atoms with E-state index < -0.39 is 0 Å². The molecule has 76 valence electrons. The van der Waals surface area contributed by atoms with Crippen LogP contribution in [0.2, 0.25) is 5.02 Å². The van der Waals surface area contributed by atoms with Gasteiger partial charge in [-0.1, -0.05) is 18.5 Å². The molecular formula is C10H11ClFNO. The van der Waals surface area contributed by atoms with Crippen molar-refractivity contribution in [1.29, 1.82) is 0 Å². The fourth-order valence-electron chi connectivity index (χ4n) is 1.61. The molecule has 2 N–H and O–H groups in total. The van der Waals surface area contributed by atoms with Crippen LogP contribution in [0.25, 0.3) is 0 Å². The van der Waals surface area contributed by atoms with E-state index in [1.165, 1.54) is 12.1 Å². The zero-order chi connectivity index (χ0) is 10.3. The maximum Gasteiger partial charge on any atom is 0.142 e. The smallest absolute Gasteiger partial charge is 0.142 e. The molecule has 2 rings (SSSR count). The van der Waals surface area contributed by atoms with Crippen molar-refractivity contribution in [3.8, 4) is 5.75 Å². The molecule has 0 saturated heterocycles. The first-order chi connectivity index (χ1) is 6.59. The first kappa shape index (κ1) is 9.74. The Balaban J connectivity index is 2.54. The van der Waals surface area contributed by atoms with E-state index >= 15 is 0 Å². The van der Waals surface area contributed by atoms with Crippen LogP contribution >= 0.6 is 11.6 Å². The lowest BCUT2D eigenvalue weighted by molar-refractivity contribution is 0.207. The van der Waals surface area contributed by atoms with E-state index in [0.29, 0.717) is 22.9 Å². The van der Waals surface area contributed by atoms with Gasteiger partial charge in [0.1, 0.15) is 11.6 Å². The van der Waals surface area contributed by atoms with Crippen LogP contribution in [0, 0.1) is 11.7 Å². The van der Waals surface area contributed by atoms with Crippen molar-refractivity contribution in [2.24, 2.45) is 11.7 Å². The van der Waals surface area contributed by atoms with E-state index in [1.807, 2.05) is 6.92 Å². The van der Waals surface area contributed by atoms with Gasteiger partial charge in [-0.15, -0.1) is 0 Å². The van der Waals surface area contributed by atoms with Crippen molar-refractivity contribution in [3.05, 3.63) is 28.5 Å². The zero-order valence-corrected chi connectivity index (χ0v) is 8.51. The molecule has 0 aromatic heterocycles. The van der Waals surface area contributed by atoms with Crippen LogP contribution in [0.1, 0.15) is 18.5 Å². The van der Waals surface area contributed by atoms with E-state index in [-0.39, 0.29) is 17.8 Å². The third kappa shape index (κ3) is 1.47. The van der Waals surface area contributed by atoms with Crippen molar-refractivity contribution in [1.82, 2.24) is 0 Å². The van der Waals surface area contributed by atoms with Crippen molar-refractivity contribution in [2.75, 3.05) is 6.61 Å². The topological polar surface area (TPSA) is 35.2 Å². The van der Waals surface area contributed by atoms with E-state index in [1.54, 1.807) is 0 Å². The summed E-state index contributed by atoms with van der Waals surface area (Å²) in [5.41, 5.74) is 6.58. The maximum absolute atomic E-state index is 13.1. The Morgan fingerprint density at radius 3 is 3.00 bits per heavy atom. The Morgan fingerprint density at radius 1 is 1.57 bits per heavy atom. The quantitative estimate of drug-likeness (QED) is 0.722. The Kier molecular flexibility index (Phi) is 2.37. The summed E-state index contributed by atoms with van der Waals surface area (Å²) in [5, 5.41) is 0.294. The molecule has 4 heteroatoms. The average molecular weight is 216 g/mol. The Hall–Kier alpha value is -0.800. The zero-order valence-electron chi connectivity index (χ0n) is 7.76. The van der Waals surface area contributed by atoms with Crippen molar-refractivity contribution in [3.63, 3.8) is 0 Å². The minimum atomic E-state index is -0.373. The molecule has 2 nitrogen and oxygen atoms in total. The minimum Gasteiger partial charge on any atom is -0.491 e. The van der Waals surface area contributed by atoms with Crippen LogP contribution < -0.4 is 10.5 Å². The van der Waals surface area contributed by atoms with E-state index in [4.69, 9.17) is 22.1 Å². The molecule has 0 aliphatic carbocycles. The summed E-state index contributed by atoms with van der Waals surface area (Å²) in [4.78, 5) is 0. The fourth-order valence-corrected chi connectivity index (χ4v) is 1.87. The molecule has 2 atom stereocenters. The number of benzene rings is 1. The third-order valence-corrected chi connectivity index (χ3v) is 2.78. The molecule has 0 fully saturated rings. The summed E-state index contributed by atoms with van der Waals surface area (Å²) in [6.45, 7) is 2.49. The van der Waals surface area contributed by atoms with Crippen LogP contribution in [0.4, 0.5) is 4.39 Å². The summed E-state index contributed by atoms with van der Waals surface area (Å²) in [5.74, 6) is 0.334. The molecule has 2 unspecified atom stereocenters. The standard InChI is InChI=1S/C10H11ClFNO/c1-5-4-14-10-7(9(5)13)2-6(12)3-8(10)11/h2-3,5,9H,4,13H2,1H3. The lowest BCUT2D eigenvalue weighted by atomic mass is 9.93. The third-order valence-electron chi connectivity index (χ3n) is 2.50. The predicted molar refractivity (Wildman–Crippen MR) is 53.0 cm³/mol. The van der Waals surface area contributed by atoms with Gasteiger partial charge < -0.3 is 10.5 Å². The second kappa shape index (κ2) is 3.41. The van der Waals surface area contributed by atoms with Crippen LogP contribution in [0.15, 0.2) is 12.1 Å². The van der Waals surface area contributed by atoms with Crippen LogP contribution in [-0.2, 0) is 0 Å². The van der Waals surface area contributed by atoms with Gasteiger partial charge in [-0.25, -0.2) is 4.39 Å². The number of fused-ring (bicyclic) bond motifs is 1. The van der Waals surface area contributed by atoms with Gasteiger partial charge in [0.05, 0.1) is 11.6 Å². The SMILES string of the molecule is CC1COc2c(Cl)cc(F)cc2C1N. The molecule has 1 aromatic carbocycles.